The molecule has 0 amide bonds. The summed E-state index contributed by atoms with van der Waals surface area (Å²) in [5.74, 6) is -0.0503. The molecule has 0 heterocycles. The number of nitrogens with one attached hydrogen (secondary N) is 1. The second kappa shape index (κ2) is 7.20. The molecule has 0 fully saturated rings. The molecule has 0 bridgehead atoms. The maximum Gasteiger partial charge on any atom is 0.123 e. The van der Waals surface area contributed by atoms with Gasteiger partial charge in [-0.3, -0.25) is 0 Å². The van der Waals surface area contributed by atoms with Crippen molar-refractivity contribution in [2.45, 2.75) is 25.5 Å². The van der Waals surface area contributed by atoms with Crippen molar-refractivity contribution in [3.8, 4) is 5.75 Å². The third kappa shape index (κ3) is 4.85. The summed E-state index contributed by atoms with van der Waals surface area (Å²) in [6.45, 7) is 2.44. The van der Waals surface area contributed by atoms with Gasteiger partial charge in [0.25, 0.3) is 0 Å². The summed E-state index contributed by atoms with van der Waals surface area (Å²) < 4.78 is 12.8. The SMILES string of the molecule is CC(Cc1ccc(O)cc1)NC[C@H](O)c1ccc(F)cc1. The molecule has 0 radical (unpaired) electrons. The van der Waals surface area contributed by atoms with Crippen LogP contribution >= 0.6 is 0 Å². The van der Waals surface area contributed by atoms with Crippen LogP contribution < -0.4 is 5.32 Å². The van der Waals surface area contributed by atoms with Crippen LogP contribution in [0.4, 0.5) is 4.39 Å². The van der Waals surface area contributed by atoms with Crippen LogP contribution in [0.25, 0.3) is 0 Å². The van der Waals surface area contributed by atoms with E-state index in [1.165, 1.54) is 12.1 Å². The molecule has 0 aliphatic rings. The first-order chi connectivity index (χ1) is 10.0. The summed E-state index contributed by atoms with van der Waals surface area (Å²) in [5.41, 5.74) is 1.81. The van der Waals surface area contributed by atoms with E-state index < -0.39 is 6.10 Å². The van der Waals surface area contributed by atoms with Crippen molar-refractivity contribution in [2.24, 2.45) is 0 Å². The van der Waals surface area contributed by atoms with Gasteiger partial charge in [-0.25, -0.2) is 4.39 Å². The van der Waals surface area contributed by atoms with Gasteiger partial charge in [-0.05, 0) is 48.7 Å². The highest BCUT2D eigenvalue weighted by Crippen LogP contribution is 2.14. The van der Waals surface area contributed by atoms with Crippen LogP contribution in [0.15, 0.2) is 48.5 Å². The van der Waals surface area contributed by atoms with Gasteiger partial charge in [0.2, 0.25) is 0 Å². The predicted octanol–water partition coefficient (Wildman–Crippen LogP) is 2.79. The fourth-order valence-electron chi connectivity index (χ4n) is 2.17. The largest absolute Gasteiger partial charge is 0.508 e. The van der Waals surface area contributed by atoms with E-state index in [0.717, 1.165) is 12.0 Å². The van der Waals surface area contributed by atoms with Gasteiger partial charge in [-0.2, -0.15) is 0 Å². The Hall–Kier alpha value is -1.91. The third-order valence-corrected chi connectivity index (χ3v) is 3.39. The topological polar surface area (TPSA) is 52.5 Å². The van der Waals surface area contributed by atoms with Crippen LogP contribution in [0.3, 0.4) is 0 Å². The van der Waals surface area contributed by atoms with E-state index >= 15 is 0 Å². The molecule has 112 valence electrons. The van der Waals surface area contributed by atoms with Crippen LogP contribution in [0.5, 0.6) is 5.75 Å². The van der Waals surface area contributed by atoms with Crippen LogP contribution in [0.2, 0.25) is 0 Å². The smallest absolute Gasteiger partial charge is 0.123 e. The molecule has 0 aliphatic carbocycles. The Morgan fingerprint density at radius 1 is 1.05 bits per heavy atom. The fourth-order valence-corrected chi connectivity index (χ4v) is 2.17. The van der Waals surface area contributed by atoms with E-state index in [1.54, 1.807) is 24.3 Å². The van der Waals surface area contributed by atoms with Crippen molar-refractivity contribution in [3.05, 3.63) is 65.5 Å². The highest BCUT2D eigenvalue weighted by molar-refractivity contribution is 5.26. The van der Waals surface area contributed by atoms with Gasteiger partial charge in [-0.15, -0.1) is 0 Å². The average molecular weight is 289 g/mol. The molecule has 3 nitrogen and oxygen atoms in total. The lowest BCUT2D eigenvalue weighted by atomic mass is 10.1. The van der Waals surface area contributed by atoms with E-state index in [1.807, 2.05) is 19.1 Å². The number of hydrogen-bond donors (Lipinski definition) is 3. The van der Waals surface area contributed by atoms with Gasteiger partial charge in [-0.1, -0.05) is 24.3 Å². The minimum atomic E-state index is -0.659. The lowest BCUT2D eigenvalue weighted by molar-refractivity contribution is 0.170. The van der Waals surface area contributed by atoms with Crippen LogP contribution in [0.1, 0.15) is 24.2 Å². The molecular weight excluding hydrogens is 269 g/mol. The van der Waals surface area contributed by atoms with Crippen LogP contribution in [-0.4, -0.2) is 22.8 Å². The first kappa shape index (κ1) is 15.5. The van der Waals surface area contributed by atoms with Gasteiger partial charge >= 0.3 is 0 Å². The normalized spacial score (nSPS) is 13.9. The zero-order valence-electron chi connectivity index (χ0n) is 12.0. The molecule has 2 aromatic carbocycles. The van der Waals surface area contributed by atoms with Gasteiger partial charge in [0.05, 0.1) is 6.10 Å². The van der Waals surface area contributed by atoms with Crippen molar-refractivity contribution >= 4 is 0 Å². The standard InChI is InChI=1S/C17H20FNO2/c1-12(10-13-2-8-16(20)9-3-13)19-11-17(21)14-4-6-15(18)7-5-14/h2-9,12,17,19-21H,10-11H2,1H3/t12?,17-/m0/s1. The van der Waals surface area contributed by atoms with Crippen molar-refractivity contribution < 1.29 is 14.6 Å². The number of aliphatic hydroxyl groups is 1. The number of benzene rings is 2. The quantitative estimate of drug-likeness (QED) is 0.766. The predicted molar refractivity (Wildman–Crippen MR) is 80.6 cm³/mol. The number of phenols is 1. The Bertz CT molecular complexity index is 554. The molecule has 2 aromatic rings. The van der Waals surface area contributed by atoms with Gasteiger partial charge in [0.15, 0.2) is 0 Å². The summed E-state index contributed by atoms with van der Waals surface area (Å²) in [6, 6.07) is 13.1. The molecule has 2 rings (SSSR count). The van der Waals surface area contributed by atoms with Crippen molar-refractivity contribution in [1.82, 2.24) is 5.32 Å². The van der Waals surface area contributed by atoms with Crippen LogP contribution in [0, 0.1) is 5.82 Å². The van der Waals surface area contributed by atoms with Gasteiger partial charge < -0.3 is 15.5 Å². The average Bonchev–Trinajstić information content (AvgIpc) is 2.48. The van der Waals surface area contributed by atoms with Gasteiger partial charge in [0.1, 0.15) is 11.6 Å². The van der Waals surface area contributed by atoms with Crippen LogP contribution in [-0.2, 0) is 6.42 Å². The Morgan fingerprint density at radius 2 is 1.67 bits per heavy atom. The van der Waals surface area contributed by atoms with Crippen molar-refractivity contribution in [1.29, 1.82) is 0 Å². The van der Waals surface area contributed by atoms with Gasteiger partial charge in [0, 0.05) is 12.6 Å². The highest BCUT2D eigenvalue weighted by Gasteiger charge is 2.10. The molecular formula is C17H20FNO2. The Labute approximate surface area is 124 Å². The van der Waals surface area contributed by atoms with E-state index in [9.17, 15) is 14.6 Å². The minimum absolute atomic E-state index is 0.185. The first-order valence-corrected chi connectivity index (χ1v) is 6.99. The Balaban J connectivity index is 1.81. The molecule has 4 heteroatoms. The zero-order chi connectivity index (χ0) is 15.2. The summed E-state index contributed by atoms with van der Waals surface area (Å²) >= 11 is 0. The second-order valence-electron chi connectivity index (χ2n) is 5.25. The van der Waals surface area contributed by atoms with E-state index in [2.05, 4.69) is 5.32 Å². The number of phenolic OH excluding ortho intramolecular Hbond substituents is 1. The molecule has 0 saturated carbocycles. The molecule has 21 heavy (non-hydrogen) atoms. The lowest BCUT2D eigenvalue weighted by Gasteiger charge is -2.17. The number of aromatic hydroxyl groups is 1. The highest BCUT2D eigenvalue weighted by atomic mass is 19.1. The minimum Gasteiger partial charge on any atom is -0.508 e. The van der Waals surface area contributed by atoms with E-state index in [-0.39, 0.29) is 17.6 Å². The number of rotatable bonds is 6. The van der Waals surface area contributed by atoms with E-state index in [0.29, 0.717) is 12.1 Å². The lowest BCUT2D eigenvalue weighted by Crippen LogP contribution is -2.32. The molecule has 2 atom stereocenters. The number of aliphatic hydroxyl groups excluding tert-OH is 1. The number of hydrogen-bond acceptors (Lipinski definition) is 3. The van der Waals surface area contributed by atoms with E-state index in [4.69, 9.17) is 0 Å². The second-order valence-corrected chi connectivity index (χ2v) is 5.25. The first-order valence-electron chi connectivity index (χ1n) is 6.99. The summed E-state index contributed by atoms with van der Waals surface area (Å²) in [4.78, 5) is 0. The molecule has 0 aliphatic heterocycles. The van der Waals surface area contributed by atoms with Crippen molar-refractivity contribution in [3.63, 3.8) is 0 Å². The molecule has 0 aromatic heterocycles. The molecule has 0 saturated heterocycles. The summed E-state index contributed by atoms with van der Waals surface area (Å²) in [7, 11) is 0. The maximum atomic E-state index is 12.8. The fraction of sp³-hybridized carbons (Fsp3) is 0.294. The zero-order valence-corrected chi connectivity index (χ0v) is 12.0. The number of halogens is 1. The molecule has 3 N–H and O–H groups in total. The maximum absolute atomic E-state index is 12.8. The van der Waals surface area contributed by atoms with Crippen molar-refractivity contribution in [2.75, 3.05) is 6.54 Å². The monoisotopic (exact) mass is 289 g/mol. The Morgan fingerprint density at radius 3 is 2.29 bits per heavy atom. The Kier molecular flexibility index (Phi) is 5.31. The molecule has 1 unspecified atom stereocenters. The third-order valence-electron chi connectivity index (χ3n) is 3.39. The summed E-state index contributed by atoms with van der Waals surface area (Å²) in [5, 5.41) is 22.5. The summed E-state index contributed by atoms with van der Waals surface area (Å²) in [6.07, 6.45) is 0.143. The molecule has 0 spiro atoms.